The number of hydrogen-bond acceptors (Lipinski definition) is 5. The zero-order chi connectivity index (χ0) is 15.4. The predicted octanol–water partition coefficient (Wildman–Crippen LogP) is 3.54. The fraction of sp³-hybridized carbons (Fsp3) is 0.824. The molecule has 1 aromatic heterocycles. The normalized spacial score (nSPS) is 41.4. The van der Waals surface area contributed by atoms with E-state index >= 15 is 0 Å². The van der Waals surface area contributed by atoms with E-state index in [0.29, 0.717) is 5.13 Å². The summed E-state index contributed by atoms with van der Waals surface area (Å²) in [7, 11) is 0. The average molecular weight is 333 g/mol. The van der Waals surface area contributed by atoms with Gasteiger partial charge in [-0.05, 0) is 69.1 Å². The molecule has 1 atom stereocenters. The average Bonchev–Trinajstić information content (AvgIpc) is 3.16. The number of nitrogens with zero attached hydrogens (tertiary/aromatic N) is 2. The van der Waals surface area contributed by atoms with Gasteiger partial charge in [-0.1, -0.05) is 11.3 Å². The molecular weight excluding hydrogens is 310 g/mol. The molecule has 4 aliphatic carbocycles. The molecule has 4 bridgehead atoms. The second-order valence-corrected chi connectivity index (χ2v) is 9.11. The van der Waals surface area contributed by atoms with Gasteiger partial charge >= 0.3 is 0 Å². The lowest BCUT2D eigenvalue weighted by atomic mass is 9.49. The lowest BCUT2D eigenvalue weighted by Crippen LogP contribution is -2.51. The molecule has 1 amide bonds. The second kappa shape index (κ2) is 5.24. The maximum absolute atomic E-state index is 13.0. The Labute approximate surface area is 140 Å². The number of anilines is 1. The van der Waals surface area contributed by atoms with Crippen molar-refractivity contribution in [2.45, 2.75) is 57.5 Å². The van der Waals surface area contributed by atoms with E-state index in [1.54, 1.807) is 0 Å². The molecule has 124 valence electrons. The first-order valence-corrected chi connectivity index (χ1v) is 9.78. The molecule has 1 unspecified atom stereocenters. The monoisotopic (exact) mass is 333 g/mol. The highest BCUT2D eigenvalue weighted by Crippen LogP contribution is 2.60. The molecule has 6 rings (SSSR count). The van der Waals surface area contributed by atoms with Crippen LogP contribution >= 0.6 is 11.3 Å². The van der Waals surface area contributed by atoms with Crippen LogP contribution in [0.25, 0.3) is 0 Å². The number of aromatic nitrogens is 2. The number of ether oxygens (including phenoxy) is 1. The van der Waals surface area contributed by atoms with Gasteiger partial charge in [-0.3, -0.25) is 4.79 Å². The van der Waals surface area contributed by atoms with Gasteiger partial charge in [0.25, 0.3) is 0 Å². The Kier molecular flexibility index (Phi) is 3.27. The molecule has 4 saturated carbocycles. The first-order valence-electron chi connectivity index (χ1n) is 8.97. The molecular formula is C17H23N3O2S. The summed E-state index contributed by atoms with van der Waals surface area (Å²) in [4.78, 5) is 13.0. The van der Waals surface area contributed by atoms with E-state index < -0.39 is 0 Å². The minimum absolute atomic E-state index is 0.0812. The highest BCUT2D eigenvalue weighted by molar-refractivity contribution is 7.15. The van der Waals surface area contributed by atoms with Crippen molar-refractivity contribution in [2.75, 3.05) is 11.9 Å². The van der Waals surface area contributed by atoms with Crippen LogP contribution in [0.15, 0.2) is 0 Å². The van der Waals surface area contributed by atoms with Gasteiger partial charge in [0, 0.05) is 6.61 Å². The molecule has 0 radical (unpaired) electrons. The van der Waals surface area contributed by atoms with Gasteiger partial charge in [0.15, 0.2) is 0 Å². The fourth-order valence-corrected chi connectivity index (χ4v) is 6.63. The number of carbonyl (C=O) groups is 1. The van der Waals surface area contributed by atoms with Crippen molar-refractivity contribution in [1.29, 1.82) is 0 Å². The van der Waals surface area contributed by atoms with E-state index in [4.69, 9.17) is 4.74 Å². The molecule has 1 aliphatic heterocycles. The standard InChI is InChI=1S/C17H23N3O2S/c21-15(17-7-10-4-11(8-17)6-12(5-10)9-17)18-16-20-19-14(23-16)13-2-1-3-22-13/h10-13H,1-9H2,(H,18,20,21). The van der Waals surface area contributed by atoms with Crippen molar-refractivity contribution >= 4 is 22.4 Å². The van der Waals surface area contributed by atoms with E-state index in [1.807, 2.05) is 0 Å². The van der Waals surface area contributed by atoms with Gasteiger partial charge in [0.05, 0.1) is 5.41 Å². The minimum Gasteiger partial charge on any atom is -0.371 e. The van der Waals surface area contributed by atoms with Crippen molar-refractivity contribution in [3.05, 3.63) is 5.01 Å². The van der Waals surface area contributed by atoms with Gasteiger partial charge in [0.2, 0.25) is 11.0 Å². The smallest absolute Gasteiger partial charge is 0.232 e. The van der Waals surface area contributed by atoms with Crippen LogP contribution < -0.4 is 5.32 Å². The predicted molar refractivity (Wildman–Crippen MR) is 87.1 cm³/mol. The SMILES string of the molecule is O=C(Nc1nnc(C2CCCO2)s1)C12CC3CC(CC(C3)C1)C2. The third-order valence-corrected chi connectivity index (χ3v) is 7.32. The Morgan fingerprint density at radius 1 is 1.13 bits per heavy atom. The molecule has 2 heterocycles. The van der Waals surface area contributed by atoms with Crippen LogP contribution in [0.5, 0.6) is 0 Å². The Morgan fingerprint density at radius 2 is 1.83 bits per heavy atom. The Hall–Kier alpha value is -1.01. The summed E-state index contributed by atoms with van der Waals surface area (Å²) >= 11 is 1.48. The summed E-state index contributed by atoms with van der Waals surface area (Å²) in [6, 6.07) is 0. The first kappa shape index (κ1) is 14.3. The molecule has 5 aliphatic rings. The number of amides is 1. The zero-order valence-corrected chi connectivity index (χ0v) is 14.1. The topological polar surface area (TPSA) is 64.1 Å². The molecule has 23 heavy (non-hydrogen) atoms. The minimum atomic E-state index is -0.121. The lowest BCUT2D eigenvalue weighted by molar-refractivity contribution is -0.140. The van der Waals surface area contributed by atoms with E-state index in [0.717, 1.165) is 61.5 Å². The van der Waals surface area contributed by atoms with Crippen LogP contribution in [0, 0.1) is 23.2 Å². The van der Waals surface area contributed by atoms with Gasteiger partial charge < -0.3 is 10.1 Å². The summed E-state index contributed by atoms with van der Waals surface area (Å²) < 4.78 is 5.65. The van der Waals surface area contributed by atoms with Crippen LogP contribution in [-0.2, 0) is 9.53 Å². The van der Waals surface area contributed by atoms with Gasteiger partial charge in [0.1, 0.15) is 11.1 Å². The summed E-state index contributed by atoms with van der Waals surface area (Å²) in [6.45, 7) is 0.805. The van der Waals surface area contributed by atoms with E-state index in [2.05, 4.69) is 15.5 Å². The molecule has 0 spiro atoms. The lowest BCUT2D eigenvalue weighted by Gasteiger charge is -2.55. The molecule has 5 nitrogen and oxygen atoms in total. The Bertz CT molecular complexity index is 588. The van der Waals surface area contributed by atoms with Crippen LogP contribution in [0.4, 0.5) is 5.13 Å². The van der Waals surface area contributed by atoms with Crippen LogP contribution in [0.1, 0.15) is 62.5 Å². The van der Waals surface area contributed by atoms with Gasteiger partial charge in [-0.15, -0.1) is 10.2 Å². The van der Waals surface area contributed by atoms with Crippen molar-refractivity contribution in [3.63, 3.8) is 0 Å². The molecule has 6 heteroatoms. The van der Waals surface area contributed by atoms with E-state index in [1.165, 1.54) is 30.6 Å². The third kappa shape index (κ3) is 2.41. The summed E-state index contributed by atoms with van der Waals surface area (Å²) in [6.07, 6.45) is 9.50. The zero-order valence-electron chi connectivity index (χ0n) is 13.3. The number of rotatable bonds is 3. The highest BCUT2D eigenvalue weighted by atomic mass is 32.1. The van der Waals surface area contributed by atoms with Crippen molar-refractivity contribution in [2.24, 2.45) is 23.2 Å². The summed E-state index contributed by atoms with van der Waals surface area (Å²) in [5.41, 5.74) is -0.121. The maximum Gasteiger partial charge on any atom is 0.232 e. The summed E-state index contributed by atoms with van der Waals surface area (Å²) in [5, 5.41) is 13.1. The molecule has 1 aromatic rings. The van der Waals surface area contributed by atoms with Crippen LogP contribution in [0.2, 0.25) is 0 Å². The van der Waals surface area contributed by atoms with Crippen LogP contribution in [0.3, 0.4) is 0 Å². The maximum atomic E-state index is 13.0. The van der Waals surface area contributed by atoms with E-state index in [9.17, 15) is 4.79 Å². The second-order valence-electron chi connectivity index (χ2n) is 8.10. The number of carbonyl (C=O) groups excluding carboxylic acids is 1. The van der Waals surface area contributed by atoms with Crippen LogP contribution in [-0.4, -0.2) is 22.7 Å². The third-order valence-electron chi connectivity index (χ3n) is 6.39. The molecule has 1 N–H and O–H groups in total. The molecule has 1 saturated heterocycles. The summed E-state index contributed by atoms with van der Waals surface area (Å²) in [5.74, 6) is 2.54. The quantitative estimate of drug-likeness (QED) is 0.919. The van der Waals surface area contributed by atoms with E-state index in [-0.39, 0.29) is 17.4 Å². The van der Waals surface area contributed by atoms with Crippen molar-refractivity contribution in [3.8, 4) is 0 Å². The van der Waals surface area contributed by atoms with Gasteiger partial charge in [-0.2, -0.15) is 0 Å². The first-order chi connectivity index (χ1) is 11.2. The fourth-order valence-electron chi connectivity index (χ4n) is 5.81. The Morgan fingerprint density at radius 3 is 2.43 bits per heavy atom. The molecule has 0 aromatic carbocycles. The Balaban J connectivity index is 1.31. The number of nitrogens with one attached hydrogen (secondary N) is 1. The van der Waals surface area contributed by atoms with Crippen molar-refractivity contribution < 1.29 is 9.53 Å². The van der Waals surface area contributed by atoms with Gasteiger partial charge in [-0.25, -0.2) is 0 Å². The number of hydrogen-bond donors (Lipinski definition) is 1. The van der Waals surface area contributed by atoms with Crippen molar-refractivity contribution in [1.82, 2.24) is 10.2 Å². The molecule has 5 fully saturated rings. The highest BCUT2D eigenvalue weighted by Gasteiger charge is 2.54. The largest absolute Gasteiger partial charge is 0.371 e.